The molecule has 26 heavy (non-hydrogen) atoms. The maximum absolute atomic E-state index is 13.9. The van der Waals surface area contributed by atoms with Crippen LogP contribution in [0.2, 0.25) is 0 Å². The number of nitrogens with two attached hydrogens (primary N) is 1. The highest BCUT2D eigenvalue weighted by molar-refractivity contribution is 7.89. The van der Waals surface area contributed by atoms with Crippen molar-refractivity contribution in [2.75, 3.05) is 31.9 Å². The Balaban J connectivity index is 1.70. The number of benzene rings is 2. The molecule has 9 heteroatoms. The minimum Gasteiger partial charge on any atom is -0.399 e. The van der Waals surface area contributed by atoms with Crippen LogP contribution in [0.4, 0.5) is 18.9 Å². The number of hydrogen-bond acceptors (Lipinski definition) is 4. The zero-order valence-corrected chi connectivity index (χ0v) is 14.6. The fourth-order valence-electron chi connectivity index (χ4n) is 2.92. The molecule has 0 saturated carbocycles. The molecule has 1 fully saturated rings. The van der Waals surface area contributed by atoms with Gasteiger partial charge in [0.15, 0.2) is 17.5 Å². The van der Waals surface area contributed by atoms with Crippen LogP contribution in [0.15, 0.2) is 41.3 Å². The van der Waals surface area contributed by atoms with Crippen LogP contribution in [0, 0.1) is 17.5 Å². The van der Waals surface area contributed by atoms with E-state index in [4.69, 9.17) is 5.73 Å². The average molecular weight is 385 g/mol. The SMILES string of the molecule is Nc1cccc(CN2CCN(S(=O)(=O)c3ccc(F)c(F)c3F)CC2)c1. The van der Waals surface area contributed by atoms with Crippen molar-refractivity contribution < 1.29 is 21.6 Å². The molecule has 0 aliphatic carbocycles. The molecule has 1 aliphatic heterocycles. The number of nitrogen functional groups attached to an aromatic ring is 1. The van der Waals surface area contributed by atoms with E-state index in [1.165, 1.54) is 0 Å². The third-order valence-electron chi connectivity index (χ3n) is 4.31. The first-order valence-electron chi connectivity index (χ1n) is 7.99. The lowest BCUT2D eigenvalue weighted by molar-refractivity contribution is 0.181. The van der Waals surface area contributed by atoms with E-state index in [9.17, 15) is 21.6 Å². The molecular formula is C17H18F3N3O2S. The van der Waals surface area contributed by atoms with E-state index in [1.54, 1.807) is 6.07 Å². The monoisotopic (exact) mass is 385 g/mol. The van der Waals surface area contributed by atoms with Gasteiger partial charge in [0.2, 0.25) is 10.0 Å². The number of anilines is 1. The molecule has 1 heterocycles. The van der Waals surface area contributed by atoms with Crippen LogP contribution in [0.1, 0.15) is 5.56 Å². The Kier molecular flexibility index (Phi) is 5.22. The quantitative estimate of drug-likeness (QED) is 0.647. The first kappa shape index (κ1) is 18.7. The van der Waals surface area contributed by atoms with Gasteiger partial charge in [-0.2, -0.15) is 4.31 Å². The third-order valence-corrected chi connectivity index (χ3v) is 6.22. The standard InChI is InChI=1S/C17H18F3N3O2S/c18-14-4-5-15(17(20)16(14)19)26(24,25)23-8-6-22(7-9-23)11-12-2-1-3-13(21)10-12/h1-5,10H,6-9,11,21H2. The Morgan fingerprint density at radius 3 is 2.31 bits per heavy atom. The number of hydrogen-bond donors (Lipinski definition) is 1. The first-order valence-corrected chi connectivity index (χ1v) is 9.43. The van der Waals surface area contributed by atoms with Crippen molar-refractivity contribution in [3.63, 3.8) is 0 Å². The van der Waals surface area contributed by atoms with Gasteiger partial charge in [-0.05, 0) is 29.8 Å². The van der Waals surface area contributed by atoms with Crippen molar-refractivity contribution >= 4 is 15.7 Å². The van der Waals surface area contributed by atoms with Gasteiger partial charge in [-0.1, -0.05) is 12.1 Å². The van der Waals surface area contributed by atoms with Gasteiger partial charge in [-0.25, -0.2) is 21.6 Å². The summed E-state index contributed by atoms with van der Waals surface area (Å²) in [6.07, 6.45) is 0. The van der Waals surface area contributed by atoms with E-state index >= 15 is 0 Å². The van der Waals surface area contributed by atoms with E-state index < -0.39 is 32.4 Å². The summed E-state index contributed by atoms with van der Waals surface area (Å²) in [5.41, 5.74) is 7.40. The number of sulfonamides is 1. The number of rotatable bonds is 4. The summed E-state index contributed by atoms with van der Waals surface area (Å²) in [6, 6.07) is 8.76. The number of nitrogens with zero attached hydrogens (tertiary/aromatic N) is 2. The van der Waals surface area contributed by atoms with Crippen LogP contribution in [-0.4, -0.2) is 43.8 Å². The van der Waals surface area contributed by atoms with Crippen molar-refractivity contribution in [2.45, 2.75) is 11.4 Å². The van der Waals surface area contributed by atoms with E-state index in [0.717, 1.165) is 15.9 Å². The number of halogens is 3. The minimum absolute atomic E-state index is 0.128. The molecule has 0 spiro atoms. The molecule has 0 amide bonds. The maximum Gasteiger partial charge on any atom is 0.246 e. The van der Waals surface area contributed by atoms with Crippen LogP contribution in [0.25, 0.3) is 0 Å². The molecule has 1 saturated heterocycles. The third kappa shape index (κ3) is 3.69. The molecule has 0 bridgehead atoms. The van der Waals surface area contributed by atoms with Crippen LogP contribution in [0.5, 0.6) is 0 Å². The highest BCUT2D eigenvalue weighted by Crippen LogP contribution is 2.24. The van der Waals surface area contributed by atoms with Crippen LogP contribution in [-0.2, 0) is 16.6 Å². The van der Waals surface area contributed by atoms with E-state index in [-0.39, 0.29) is 13.1 Å². The van der Waals surface area contributed by atoms with Gasteiger partial charge in [0, 0.05) is 38.4 Å². The highest BCUT2D eigenvalue weighted by atomic mass is 32.2. The predicted molar refractivity (Wildman–Crippen MR) is 91.2 cm³/mol. The van der Waals surface area contributed by atoms with E-state index in [1.807, 2.05) is 23.1 Å². The van der Waals surface area contributed by atoms with Gasteiger partial charge < -0.3 is 5.73 Å². The predicted octanol–water partition coefficient (Wildman–Crippen LogP) is 2.19. The maximum atomic E-state index is 13.9. The van der Waals surface area contributed by atoms with Crippen molar-refractivity contribution in [2.24, 2.45) is 0 Å². The topological polar surface area (TPSA) is 66.6 Å². The van der Waals surface area contributed by atoms with Crippen molar-refractivity contribution in [3.8, 4) is 0 Å². The zero-order valence-electron chi connectivity index (χ0n) is 13.8. The molecule has 1 aliphatic rings. The summed E-state index contributed by atoms with van der Waals surface area (Å²) in [5, 5.41) is 0. The lowest BCUT2D eigenvalue weighted by Crippen LogP contribution is -2.48. The molecule has 0 atom stereocenters. The Morgan fingerprint density at radius 1 is 0.962 bits per heavy atom. The lowest BCUT2D eigenvalue weighted by Gasteiger charge is -2.34. The van der Waals surface area contributed by atoms with Crippen LogP contribution >= 0.6 is 0 Å². The fourth-order valence-corrected chi connectivity index (χ4v) is 4.40. The van der Waals surface area contributed by atoms with Gasteiger partial charge in [0.1, 0.15) is 4.90 Å². The zero-order chi connectivity index (χ0) is 18.9. The van der Waals surface area contributed by atoms with Crippen LogP contribution < -0.4 is 5.73 Å². The molecule has 3 rings (SSSR count). The molecule has 0 unspecified atom stereocenters. The fraction of sp³-hybridized carbons (Fsp3) is 0.294. The second-order valence-corrected chi connectivity index (χ2v) is 8.01. The lowest BCUT2D eigenvalue weighted by atomic mass is 10.2. The molecular weight excluding hydrogens is 367 g/mol. The highest BCUT2D eigenvalue weighted by Gasteiger charge is 2.32. The Morgan fingerprint density at radius 2 is 1.65 bits per heavy atom. The van der Waals surface area contributed by atoms with Gasteiger partial charge >= 0.3 is 0 Å². The first-order chi connectivity index (χ1) is 12.3. The second kappa shape index (κ2) is 7.26. The molecule has 5 nitrogen and oxygen atoms in total. The molecule has 2 N–H and O–H groups in total. The molecule has 2 aromatic carbocycles. The van der Waals surface area contributed by atoms with Crippen LogP contribution in [0.3, 0.4) is 0 Å². The molecule has 0 radical (unpaired) electrons. The minimum atomic E-state index is -4.23. The number of piperazine rings is 1. The summed E-state index contributed by atoms with van der Waals surface area (Å²) < 4.78 is 66.5. The molecule has 2 aromatic rings. The van der Waals surface area contributed by atoms with Gasteiger partial charge in [0.25, 0.3) is 0 Å². The Bertz CT molecular complexity index is 913. The van der Waals surface area contributed by atoms with E-state index in [2.05, 4.69) is 0 Å². The van der Waals surface area contributed by atoms with E-state index in [0.29, 0.717) is 31.4 Å². The van der Waals surface area contributed by atoms with Gasteiger partial charge in [0.05, 0.1) is 0 Å². The average Bonchev–Trinajstić information content (AvgIpc) is 2.60. The summed E-state index contributed by atoms with van der Waals surface area (Å²) in [4.78, 5) is 1.20. The summed E-state index contributed by atoms with van der Waals surface area (Å²) in [7, 11) is -4.23. The summed E-state index contributed by atoms with van der Waals surface area (Å²) in [6.45, 7) is 1.73. The summed E-state index contributed by atoms with van der Waals surface area (Å²) in [5.74, 6) is -4.90. The Hall–Kier alpha value is -2.10. The molecule has 0 aromatic heterocycles. The van der Waals surface area contributed by atoms with Crippen molar-refractivity contribution in [1.29, 1.82) is 0 Å². The summed E-state index contributed by atoms with van der Waals surface area (Å²) >= 11 is 0. The van der Waals surface area contributed by atoms with Gasteiger partial charge in [-0.15, -0.1) is 0 Å². The normalized spacial score (nSPS) is 16.7. The van der Waals surface area contributed by atoms with Crippen molar-refractivity contribution in [3.05, 3.63) is 59.4 Å². The smallest absolute Gasteiger partial charge is 0.246 e. The second-order valence-electron chi connectivity index (χ2n) is 6.10. The van der Waals surface area contributed by atoms with Crippen molar-refractivity contribution in [1.82, 2.24) is 9.21 Å². The van der Waals surface area contributed by atoms with Gasteiger partial charge in [-0.3, -0.25) is 4.90 Å². The Labute approximate surface area is 149 Å². The molecule has 140 valence electrons. The largest absolute Gasteiger partial charge is 0.399 e.